The first-order valence-electron chi connectivity index (χ1n) is 8.22. The normalized spacial score (nSPS) is 12.8. The molecular weight excluding hydrogens is 318 g/mol. The number of ether oxygens (including phenoxy) is 1. The molecule has 1 aliphatic rings. The first-order valence-corrected chi connectivity index (χ1v) is 8.22. The smallest absolute Gasteiger partial charge is 0.359 e. The predicted molar refractivity (Wildman–Crippen MR) is 93.5 cm³/mol. The highest BCUT2D eigenvalue weighted by atomic mass is 16.5. The Labute approximate surface area is 144 Å². The Bertz CT molecular complexity index is 961. The van der Waals surface area contributed by atoms with Crippen LogP contribution in [0.4, 0.5) is 5.69 Å². The molecule has 0 radical (unpaired) electrons. The van der Waals surface area contributed by atoms with Gasteiger partial charge < -0.3 is 10.1 Å². The van der Waals surface area contributed by atoms with E-state index in [9.17, 15) is 9.59 Å². The van der Waals surface area contributed by atoms with Crippen molar-refractivity contribution >= 4 is 28.5 Å². The first-order chi connectivity index (χ1) is 12.2. The van der Waals surface area contributed by atoms with E-state index >= 15 is 0 Å². The zero-order chi connectivity index (χ0) is 17.2. The SMILES string of the molecule is O=C(COC(=O)c1n[nH]c2ccccc12)Nc1ccc2c(c1)CCC2. The molecule has 0 saturated heterocycles. The molecule has 1 heterocycles. The molecule has 1 amide bonds. The van der Waals surface area contributed by atoms with Crippen LogP contribution in [0, 0.1) is 0 Å². The summed E-state index contributed by atoms with van der Waals surface area (Å²) in [7, 11) is 0. The molecule has 0 fully saturated rings. The lowest BCUT2D eigenvalue weighted by Gasteiger charge is -2.08. The maximum Gasteiger partial charge on any atom is 0.359 e. The number of hydrogen-bond donors (Lipinski definition) is 2. The average molecular weight is 335 g/mol. The van der Waals surface area contributed by atoms with Gasteiger partial charge in [0.25, 0.3) is 5.91 Å². The number of esters is 1. The third kappa shape index (κ3) is 3.10. The number of hydrogen-bond acceptors (Lipinski definition) is 4. The minimum Gasteiger partial charge on any atom is -0.451 e. The molecule has 0 bridgehead atoms. The van der Waals surface area contributed by atoms with Crippen LogP contribution < -0.4 is 5.32 Å². The second-order valence-corrected chi connectivity index (χ2v) is 6.08. The van der Waals surface area contributed by atoms with E-state index in [1.807, 2.05) is 36.4 Å². The number of nitrogens with zero attached hydrogens (tertiary/aromatic N) is 1. The number of nitrogens with one attached hydrogen (secondary N) is 2. The van der Waals surface area contributed by atoms with Crippen molar-refractivity contribution in [3.8, 4) is 0 Å². The van der Waals surface area contributed by atoms with Crippen molar-refractivity contribution < 1.29 is 14.3 Å². The lowest BCUT2D eigenvalue weighted by atomic mass is 10.1. The van der Waals surface area contributed by atoms with Crippen LogP contribution in [-0.4, -0.2) is 28.7 Å². The number of anilines is 1. The van der Waals surface area contributed by atoms with Crippen molar-refractivity contribution in [2.75, 3.05) is 11.9 Å². The number of aromatic nitrogens is 2. The van der Waals surface area contributed by atoms with Gasteiger partial charge in [-0.05, 0) is 48.6 Å². The summed E-state index contributed by atoms with van der Waals surface area (Å²) >= 11 is 0. The van der Waals surface area contributed by atoms with Crippen LogP contribution in [0.3, 0.4) is 0 Å². The number of para-hydroxylation sites is 1. The van der Waals surface area contributed by atoms with Gasteiger partial charge >= 0.3 is 5.97 Å². The van der Waals surface area contributed by atoms with E-state index in [2.05, 4.69) is 15.5 Å². The van der Waals surface area contributed by atoms with Crippen molar-refractivity contribution in [1.29, 1.82) is 0 Å². The van der Waals surface area contributed by atoms with Crippen LogP contribution in [0.1, 0.15) is 28.0 Å². The summed E-state index contributed by atoms with van der Waals surface area (Å²) < 4.78 is 5.09. The molecule has 1 aromatic heterocycles. The van der Waals surface area contributed by atoms with Crippen LogP contribution in [-0.2, 0) is 22.4 Å². The largest absolute Gasteiger partial charge is 0.451 e. The van der Waals surface area contributed by atoms with Crippen LogP contribution in [0.25, 0.3) is 10.9 Å². The van der Waals surface area contributed by atoms with Gasteiger partial charge in [0.2, 0.25) is 0 Å². The first kappa shape index (κ1) is 15.4. The summed E-state index contributed by atoms with van der Waals surface area (Å²) in [5.41, 5.74) is 4.28. The van der Waals surface area contributed by atoms with Gasteiger partial charge in [-0.25, -0.2) is 4.79 Å². The molecule has 0 saturated carbocycles. The van der Waals surface area contributed by atoms with Gasteiger partial charge in [-0.2, -0.15) is 5.10 Å². The number of H-pyrrole nitrogens is 1. The zero-order valence-electron chi connectivity index (χ0n) is 13.5. The molecule has 4 rings (SSSR count). The number of rotatable bonds is 4. The Morgan fingerprint density at radius 3 is 2.88 bits per heavy atom. The summed E-state index contributed by atoms with van der Waals surface area (Å²) in [5, 5.41) is 10.2. The Balaban J connectivity index is 1.37. The minimum absolute atomic E-state index is 0.181. The third-order valence-corrected chi connectivity index (χ3v) is 4.38. The predicted octanol–water partition coefficient (Wildman–Crippen LogP) is 2.85. The highest BCUT2D eigenvalue weighted by molar-refractivity contribution is 6.03. The number of benzene rings is 2. The van der Waals surface area contributed by atoms with Crippen molar-refractivity contribution in [3.05, 3.63) is 59.3 Å². The molecule has 0 atom stereocenters. The molecule has 2 N–H and O–H groups in total. The summed E-state index contributed by atoms with van der Waals surface area (Å²) in [6, 6.07) is 13.2. The zero-order valence-corrected chi connectivity index (χ0v) is 13.5. The Morgan fingerprint density at radius 2 is 1.96 bits per heavy atom. The van der Waals surface area contributed by atoms with Gasteiger partial charge in [0, 0.05) is 11.1 Å². The van der Waals surface area contributed by atoms with Crippen LogP contribution in [0.2, 0.25) is 0 Å². The van der Waals surface area contributed by atoms with Gasteiger partial charge in [0.05, 0.1) is 5.52 Å². The average Bonchev–Trinajstić information content (AvgIpc) is 3.26. The molecule has 6 heteroatoms. The van der Waals surface area contributed by atoms with Crippen molar-refractivity contribution in [3.63, 3.8) is 0 Å². The van der Waals surface area contributed by atoms with Crippen LogP contribution in [0.5, 0.6) is 0 Å². The maximum atomic E-state index is 12.1. The quantitative estimate of drug-likeness (QED) is 0.718. The molecule has 0 aliphatic heterocycles. The minimum atomic E-state index is -0.624. The molecule has 2 aromatic carbocycles. The van der Waals surface area contributed by atoms with Crippen molar-refractivity contribution in [2.45, 2.75) is 19.3 Å². The van der Waals surface area contributed by atoms with E-state index in [0.717, 1.165) is 30.5 Å². The highest BCUT2D eigenvalue weighted by Gasteiger charge is 2.17. The van der Waals surface area contributed by atoms with E-state index in [4.69, 9.17) is 4.74 Å². The number of amides is 1. The number of aryl methyl sites for hydroxylation is 2. The molecule has 6 nitrogen and oxygen atoms in total. The second-order valence-electron chi connectivity index (χ2n) is 6.08. The number of carbonyl (C=O) groups is 2. The molecule has 1 aliphatic carbocycles. The molecule has 3 aromatic rings. The fourth-order valence-electron chi connectivity index (χ4n) is 3.17. The highest BCUT2D eigenvalue weighted by Crippen LogP contribution is 2.24. The van der Waals surface area contributed by atoms with E-state index in [-0.39, 0.29) is 18.2 Å². The van der Waals surface area contributed by atoms with Gasteiger partial charge in [0.1, 0.15) is 0 Å². The van der Waals surface area contributed by atoms with Gasteiger partial charge in [0.15, 0.2) is 12.3 Å². The molecular formula is C19H17N3O3. The van der Waals surface area contributed by atoms with Gasteiger partial charge in [-0.15, -0.1) is 0 Å². The standard InChI is InChI=1S/C19H17N3O3/c23-17(20-14-9-8-12-4-3-5-13(12)10-14)11-25-19(24)18-15-6-1-2-7-16(15)21-22-18/h1-2,6-10H,3-5,11H2,(H,20,23)(H,21,22). The Hall–Kier alpha value is -3.15. The lowest BCUT2D eigenvalue weighted by Crippen LogP contribution is -2.21. The van der Waals surface area contributed by atoms with E-state index in [0.29, 0.717) is 5.39 Å². The monoisotopic (exact) mass is 335 g/mol. The summed E-state index contributed by atoms with van der Waals surface area (Å²) in [6.45, 7) is -0.350. The third-order valence-electron chi connectivity index (χ3n) is 4.38. The summed E-state index contributed by atoms with van der Waals surface area (Å²) in [4.78, 5) is 24.2. The molecule has 0 unspecified atom stereocenters. The van der Waals surface area contributed by atoms with Crippen molar-refractivity contribution in [1.82, 2.24) is 10.2 Å². The van der Waals surface area contributed by atoms with Crippen LogP contribution >= 0.6 is 0 Å². The van der Waals surface area contributed by atoms with Crippen LogP contribution in [0.15, 0.2) is 42.5 Å². The van der Waals surface area contributed by atoms with E-state index in [1.54, 1.807) is 6.07 Å². The van der Waals surface area contributed by atoms with Gasteiger partial charge in [-0.3, -0.25) is 9.89 Å². The Kier molecular flexibility index (Phi) is 3.93. The summed E-state index contributed by atoms with van der Waals surface area (Å²) in [5.74, 6) is -0.993. The fraction of sp³-hybridized carbons (Fsp3) is 0.211. The topological polar surface area (TPSA) is 84.1 Å². The summed E-state index contributed by atoms with van der Waals surface area (Å²) in [6.07, 6.45) is 3.29. The molecule has 126 valence electrons. The second kappa shape index (κ2) is 6.39. The van der Waals surface area contributed by atoms with E-state index < -0.39 is 5.97 Å². The van der Waals surface area contributed by atoms with E-state index in [1.165, 1.54) is 11.1 Å². The molecule has 0 spiro atoms. The van der Waals surface area contributed by atoms with Gasteiger partial charge in [-0.1, -0.05) is 24.3 Å². The molecule has 25 heavy (non-hydrogen) atoms. The fourth-order valence-corrected chi connectivity index (χ4v) is 3.17. The lowest BCUT2D eigenvalue weighted by molar-refractivity contribution is -0.119. The number of fused-ring (bicyclic) bond motifs is 2. The number of carbonyl (C=O) groups excluding carboxylic acids is 2. The van der Waals surface area contributed by atoms with Crippen molar-refractivity contribution in [2.24, 2.45) is 0 Å². The maximum absolute atomic E-state index is 12.1. The Morgan fingerprint density at radius 1 is 1.12 bits per heavy atom. The number of aromatic amines is 1.